The fourth-order valence-electron chi connectivity index (χ4n) is 1.70. The molecule has 1 N–H and O–H groups in total. The summed E-state index contributed by atoms with van der Waals surface area (Å²) in [4.78, 5) is 4.12. The molecule has 0 amide bonds. The van der Waals surface area contributed by atoms with E-state index in [4.69, 9.17) is 14.7 Å². The molecule has 5 heteroatoms. The van der Waals surface area contributed by atoms with E-state index in [1.807, 2.05) is 36.4 Å². The van der Waals surface area contributed by atoms with Crippen molar-refractivity contribution in [3.8, 4) is 17.7 Å². The molecule has 2 rings (SSSR count). The third-order valence-corrected chi connectivity index (χ3v) is 2.69. The average molecular weight is 269 g/mol. The van der Waals surface area contributed by atoms with Crippen LogP contribution in [-0.2, 0) is 6.54 Å². The minimum atomic E-state index is 0.0428. The predicted octanol–water partition coefficient (Wildman–Crippen LogP) is 2.60. The van der Waals surface area contributed by atoms with Gasteiger partial charge in [-0.1, -0.05) is 18.2 Å². The molecule has 0 spiro atoms. The second kappa shape index (κ2) is 7.00. The summed E-state index contributed by atoms with van der Waals surface area (Å²) in [6.45, 7) is 0.636. The fourth-order valence-corrected chi connectivity index (χ4v) is 1.70. The van der Waals surface area contributed by atoms with Gasteiger partial charge in [-0.05, 0) is 12.1 Å². The highest BCUT2D eigenvalue weighted by Crippen LogP contribution is 2.19. The lowest BCUT2D eigenvalue weighted by Gasteiger charge is -2.11. The van der Waals surface area contributed by atoms with Crippen molar-refractivity contribution in [2.45, 2.75) is 6.54 Å². The van der Waals surface area contributed by atoms with Crippen molar-refractivity contribution in [2.24, 2.45) is 0 Å². The Hall–Kier alpha value is -2.74. The molecule has 0 saturated heterocycles. The van der Waals surface area contributed by atoms with Crippen LogP contribution in [0.2, 0.25) is 0 Å². The number of nitrogens with one attached hydrogen (secondary N) is 1. The Morgan fingerprint density at radius 1 is 1.25 bits per heavy atom. The van der Waals surface area contributed by atoms with Gasteiger partial charge in [0.25, 0.3) is 0 Å². The van der Waals surface area contributed by atoms with Gasteiger partial charge in [0, 0.05) is 18.2 Å². The number of para-hydroxylation sites is 1. The third kappa shape index (κ3) is 3.62. The van der Waals surface area contributed by atoms with Crippen LogP contribution in [0.3, 0.4) is 0 Å². The van der Waals surface area contributed by atoms with E-state index in [1.54, 1.807) is 19.4 Å². The van der Waals surface area contributed by atoms with E-state index in [1.165, 1.54) is 0 Å². The zero-order valence-corrected chi connectivity index (χ0v) is 11.2. The number of nitriles is 1. The zero-order chi connectivity index (χ0) is 14.2. The van der Waals surface area contributed by atoms with Gasteiger partial charge in [0.2, 0.25) is 5.88 Å². The molecule has 0 aliphatic carbocycles. The lowest BCUT2D eigenvalue weighted by molar-refractivity contribution is 0.364. The molecule has 0 unspecified atom stereocenters. The second-order valence-electron chi connectivity index (χ2n) is 4.00. The van der Waals surface area contributed by atoms with Gasteiger partial charge in [0.05, 0.1) is 19.0 Å². The molecule has 1 aromatic carbocycles. The summed E-state index contributed by atoms with van der Waals surface area (Å²) in [6.07, 6.45) is 1.71. The normalized spacial score (nSPS) is 9.60. The molecule has 0 fully saturated rings. The van der Waals surface area contributed by atoms with Gasteiger partial charge in [0.15, 0.2) is 6.61 Å². The summed E-state index contributed by atoms with van der Waals surface area (Å²) in [6, 6.07) is 13.3. The van der Waals surface area contributed by atoms with Crippen molar-refractivity contribution in [3.63, 3.8) is 0 Å². The first kappa shape index (κ1) is 13.7. The predicted molar refractivity (Wildman–Crippen MR) is 75.7 cm³/mol. The summed E-state index contributed by atoms with van der Waals surface area (Å²) in [5.41, 5.74) is 1.87. The van der Waals surface area contributed by atoms with Gasteiger partial charge in [-0.25, -0.2) is 4.98 Å². The van der Waals surface area contributed by atoms with Gasteiger partial charge in [-0.3, -0.25) is 0 Å². The molecule has 1 heterocycles. The van der Waals surface area contributed by atoms with Crippen LogP contribution < -0.4 is 14.8 Å². The largest absolute Gasteiger partial charge is 0.481 e. The number of nitrogens with zero attached hydrogens (tertiary/aromatic N) is 2. The van der Waals surface area contributed by atoms with Crippen LogP contribution in [-0.4, -0.2) is 18.7 Å². The van der Waals surface area contributed by atoms with Crippen molar-refractivity contribution in [2.75, 3.05) is 19.0 Å². The van der Waals surface area contributed by atoms with Crippen LogP contribution in [0, 0.1) is 11.3 Å². The minimum Gasteiger partial charge on any atom is -0.481 e. The molecule has 0 radical (unpaired) electrons. The van der Waals surface area contributed by atoms with Crippen molar-refractivity contribution < 1.29 is 9.47 Å². The van der Waals surface area contributed by atoms with E-state index in [0.29, 0.717) is 18.2 Å². The van der Waals surface area contributed by atoms with Crippen molar-refractivity contribution in [1.82, 2.24) is 4.98 Å². The number of rotatable bonds is 6. The lowest BCUT2D eigenvalue weighted by Crippen LogP contribution is -2.03. The van der Waals surface area contributed by atoms with Crippen LogP contribution >= 0.6 is 0 Å². The Kier molecular flexibility index (Phi) is 4.79. The van der Waals surface area contributed by atoms with Crippen LogP contribution in [0.15, 0.2) is 42.6 Å². The maximum absolute atomic E-state index is 8.56. The van der Waals surface area contributed by atoms with E-state index in [-0.39, 0.29) is 6.61 Å². The van der Waals surface area contributed by atoms with Crippen LogP contribution in [0.1, 0.15) is 5.56 Å². The Morgan fingerprint density at radius 3 is 2.80 bits per heavy atom. The summed E-state index contributed by atoms with van der Waals surface area (Å²) in [5.74, 6) is 1.29. The average Bonchev–Trinajstić information content (AvgIpc) is 2.52. The number of pyridine rings is 1. The standard InChI is InChI=1S/C15H15N3O2/c1-19-15-7-6-13(11-18-15)17-10-12-4-2-3-5-14(12)20-9-8-16/h2-7,11,17H,9-10H2,1H3. The van der Waals surface area contributed by atoms with E-state index >= 15 is 0 Å². The van der Waals surface area contributed by atoms with Gasteiger partial charge >= 0.3 is 0 Å². The first-order valence-electron chi connectivity index (χ1n) is 6.15. The number of hydrogen-bond acceptors (Lipinski definition) is 5. The molecule has 0 saturated carbocycles. The molecule has 1 aromatic heterocycles. The molecule has 0 aliphatic heterocycles. The fraction of sp³-hybridized carbons (Fsp3) is 0.200. The second-order valence-corrected chi connectivity index (χ2v) is 4.00. The monoisotopic (exact) mass is 269 g/mol. The SMILES string of the molecule is COc1ccc(NCc2ccccc2OCC#N)cn1. The molecular weight excluding hydrogens is 254 g/mol. The maximum Gasteiger partial charge on any atom is 0.213 e. The summed E-state index contributed by atoms with van der Waals surface area (Å²) in [5, 5.41) is 11.8. The van der Waals surface area contributed by atoms with Gasteiger partial charge in [-0.15, -0.1) is 0 Å². The van der Waals surface area contributed by atoms with Crippen molar-refractivity contribution in [1.29, 1.82) is 5.26 Å². The quantitative estimate of drug-likeness (QED) is 0.873. The Labute approximate surface area is 117 Å². The van der Waals surface area contributed by atoms with Crippen molar-refractivity contribution >= 4 is 5.69 Å². The lowest BCUT2D eigenvalue weighted by atomic mass is 10.2. The highest BCUT2D eigenvalue weighted by molar-refractivity contribution is 5.44. The molecular formula is C15H15N3O2. The maximum atomic E-state index is 8.56. The smallest absolute Gasteiger partial charge is 0.213 e. The number of hydrogen-bond donors (Lipinski definition) is 1. The molecule has 0 atom stereocenters. The molecule has 0 bridgehead atoms. The number of methoxy groups -OCH3 is 1. The molecule has 102 valence electrons. The zero-order valence-electron chi connectivity index (χ0n) is 11.2. The van der Waals surface area contributed by atoms with E-state index in [0.717, 1.165) is 11.3 Å². The highest BCUT2D eigenvalue weighted by Gasteiger charge is 2.03. The summed E-state index contributed by atoms with van der Waals surface area (Å²) >= 11 is 0. The Balaban J connectivity index is 2.01. The van der Waals surface area contributed by atoms with Crippen LogP contribution in [0.5, 0.6) is 11.6 Å². The van der Waals surface area contributed by atoms with E-state index in [9.17, 15) is 0 Å². The first-order chi connectivity index (χ1) is 9.83. The number of aromatic nitrogens is 1. The molecule has 2 aromatic rings. The minimum absolute atomic E-state index is 0.0428. The number of anilines is 1. The van der Waals surface area contributed by atoms with Gasteiger partial charge < -0.3 is 14.8 Å². The van der Waals surface area contributed by atoms with Crippen LogP contribution in [0.25, 0.3) is 0 Å². The van der Waals surface area contributed by atoms with Crippen molar-refractivity contribution in [3.05, 3.63) is 48.2 Å². The molecule has 20 heavy (non-hydrogen) atoms. The molecule has 5 nitrogen and oxygen atoms in total. The summed E-state index contributed by atoms with van der Waals surface area (Å²) < 4.78 is 10.4. The van der Waals surface area contributed by atoms with E-state index in [2.05, 4.69) is 10.3 Å². The number of ether oxygens (including phenoxy) is 2. The Bertz CT molecular complexity index is 591. The first-order valence-corrected chi connectivity index (χ1v) is 6.15. The molecule has 0 aliphatic rings. The number of benzene rings is 1. The van der Waals surface area contributed by atoms with Gasteiger partial charge in [0.1, 0.15) is 11.8 Å². The van der Waals surface area contributed by atoms with Gasteiger partial charge in [-0.2, -0.15) is 5.26 Å². The van der Waals surface area contributed by atoms with E-state index < -0.39 is 0 Å². The van der Waals surface area contributed by atoms with Crippen LogP contribution in [0.4, 0.5) is 5.69 Å². The summed E-state index contributed by atoms with van der Waals surface area (Å²) in [7, 11) is 1.58. The Morgan fingerprint density at radius 2 is 2.10 bits per heavy atom. The third-order valence-electron chi connectivity index (χ3n) is 2.69. The highest BCUT2D eigenvalue weighted by atomic mass is 16.5. The topological polar surface area (TPSA) is 67.2 Å².